The molecule has 8 nitrogen and oxygen atoms in total. The number of aromatic nitrogens is 1. The third kappa shape index (κ3) is 3.10. The number of anilines is 1. The fraction of sp³-hybridized carbons (Fsp3) is 0.0667. The molecule has 3 rings (SSSR count). The Balaban J connectivity index is 1.75. The summed E-state index contributed by atoms with van der Waals surface area (Å²) < 4.78 is 5.79. The zero-order valence-electron chi connectivity index (χ0n) is 12.5. The molecule has 0 unspecified atom stereocenters. The van der Waals surface area contributed by atoms with Crippen LogP contribution in [0.25, 0.3) is 10.2 Å². The van der Waals surface area contributed by atoms with Gasteiger partial charge in [0, 0.05) is 12.1 Å². The van der Waals surface area contributed by atoms with Crippen LogP contribution in [0.3, 0.4) is 0 Å². The Morgan fingerprint density at radius 2 is 2.08 bits per heavy atom. The highest BCUT2D eigenvalue weighted by molar-refractivity contribution is 7.22. The molecule has 2 N–H and O–H groups in total. The first kappa shape index (κ1) is 15.7. The Labute approximate surface area is 140 Å². The summed E-state index contributed by atoms with van der Waals surface area (Å²) in [5, 5.41) is 11.2. The molecule has 0 fully saturated rings. The van der Waals surface area contributed by atoms with Crippen LogP contribution in [0.15, 0.2) is 42.5 Å². The van der Waals surface area contributed by atoms with E-state index in [0.717, 1.165) is 0 Å². The molecule has 0 saturated heterocycles. The molecule has 122 valence electrons. The Bertz CT molecular complexity index is 925. The number of thiazole rings is 1. The summed E-state index contributed by atoms with van der Waals surface area (Å²) in [7, 11) is 1.49. The SMILES string of the molecule is COc1ccccc1C(=O)NNc1nc2ccc([N+](=O)[O-])cc2s1. The molecule has 2 aromatic carbocycles. The molecule has 0 atom stereocenters. The topological polar surface area (TPSA) is 106 Å². The standard InChI is InChI=1S/C15H12N4O4S/c1-23-12-5-3-2-4-10(12)14(20)17-18-15-16-11-7-6-9(19(21)22)8-13(11)24-15/h2-8H,1H3,(H,16,18)(H,17,20). The highest BCUT2D eigenvalue weighted by Gasteiger charge is 2.13. The van der Waals surface area contributed by atoms with Gasteiger partial charge in [0.1, 0.15) is 5.75 Å². The fourth-order valence-electron chi connectivity index (χ4n) is 2.09. The van der Waals surface area contributed by atoms with Gasteiger partial charge in [0.25, 0.3) is 11.6 Å². The number of nitro groups is 1. The van der Waals surface area contributed by atoms with Crippen molar-refractivity contribution >= 4 is 38.3 Å². The Hall–Kier alpha value is -3.20. The monoisotopic (exact) mass is 344 g/mol. The minimum Gasteiger partial charge on any atom is -0.496 e. The van der Waals surface area contributed by atoms with Gasteiger partial charge in [-0.25, -0.2) is 4.98 Å². The van der Waals surface area contributed by atoms with E-state index in [4.69, 9.17) is 4.74 Å². The molecule has 1 heterocycles. The second-order valence-electron chi connectivity index (χ2n) is 4.71. The van der Waals surface area contributed by atoms with Crippen LogP contribution in [0.4, 0.5) is 10.8 Å². The second kappa shape index (κ2) is 6.50. The maximum Gasteiger partial charge on any atom is 0.273 e. The molecule has 0 radical (unpaired) electrons. The first-order chi connectivity index (χ1) is 11.6. The van der Waals surface area contributed by atoms with Crippen molar-refractivity contribution in [1.29, 1.82) is 0 Å². The summed E-state index contributed by atoms with van der Waals surface area (Å²) >= 11 is 1.20. The molecular weight excluding hydrogens is 332 g/mol. The lowest BCUT2D eigenvalue weighted by atomic mass is 10.2. The number of fused-ring (bicyclic) bond motifs is 1. The Kier molecular flexibility index (Phi) is 4.25. The summed E-state index contributed by atoms with van der Waals surface area (Å²) in [6, 6.07) is 11.2. The molecule has 0 aliphatic heterocycles. The van der Waals surface area contributed by atoms with Crippen molar-refractivity contribution in [3.8, 4) is 5.75 Å². The maximum atomic E-state index is 12.2. The third-order valence-corrected chi connectivity index (χ3v) is 4.15. The minimum atomic E-state index is -0.463. The second-order valence-corrected chi connectivity index (χ2v) is 5.74. The van der Waals surface area contributed by atoms with Gasteiger partial charge in [-0.05, 0) is 18.2 Å². The van der Waals surface area contributed by atoms with Crippen LogP contribution in [0.5, 0.6) is 5.75 Å². The number of nitrogens with zero attached hydrogens (tertiary/aromatic N) is 2. The molecule has 0 bridgehead atoms. The lowest BCUT2D eigenvalue weighted by molar-refractivity contribution is -0.384. The third-order valence-electron chi connectivity index (χ3n) is 3.22. The van der Waals surface area contributed by atoms with E-state index < -0.39 is 4.92 Å². The number of nitro benzene ring substituents is 1. The van der Waals surface area contributed by atoms with Gasteiger partial charge in [-0.3, -0.25) is 25.8 Å². The van der Waals surface area contributed by atoms with Crippen LogP contribution >= 0.6 is 11.3 Å². The largest absolute Gasteiger partial charge is 0.496 e. The smallest absolute Gasteiger partial charge is 0.273 e. The number of methoxy groups -OCH3 is 1. The Morgan fingerprint density at radius 1 is 1.29 bits per heavy atom. The molecular formula is C15H12N4O4S. The average molecular weight is 344 g/mol. The van der Waals surface area contributed by atoms with Gasteiger partial charge in [0.15, 0.2) is 0 Å². The average Bonchev–Trinajstić information content (AvgIpc) is 3.01. The van der Waals surface area contributed by atoms with E-state index in [1.807, 2.05) is 0 Å². The first-order valence-corrected chi connectivity index (χ1v) is 7.64. The number of hydrogen-bond acceptors (Lipinski definition) is 7. The van der Waals surface area contributed by atoms with E-state index >= 15 is 0 Å². The van der Waals surface area contributed by atoms with E-state index in [1.165, 1.54) is 30.6 Å². The van der Waals surface area contributed by atoms with Gasteiger partial charge >= 0.3 is 0 Å². The highest BCUT2D eigenvalue weighted by atomic mass is 32.1. The van der Waals surface area contributed by atoms with Crippen LogP contribution in [-0.2, 0) is 0 Å². The van der Waals surface area contributed by atoms with Crippen molar-refractivity contribution in [1.82, 2.24) is 10.4 Å². The van der Waals surface area contributed by atoms with Crippen LogP contribution in [-0.4, -0.2) is 22.9 Å². The van der Waals surface area contributed by atoms with Crippen molar-refractivity contribution in [3.05, 3.63) is 58.1 Å². The molecule has 9 heteroatoms. The number of benzene rings is 2. The summed E-state index contributed by atoms with van der Waals surface area (Å²) in [6.45, 7) is 0. The first-order valence-electron chi connectivity index (χ1n) is 6.83. The number of ether oxygens (including phenoxy) is 1. The lowest BCUT2D eigenvalue weighted by Crippen LogP contribution is -2.29. The minimum absolute atomic E-state index is 0.00393. The van der Waals surface area contributed by atoms with Gasteiger partial charge in [0.05, 0.1) is 27.8 Å². The predicted octanol–water partition coefficient (Wildman–Crippen LogP) is 2.97. The molecule has 0 saturated carbocycles. The van der Waals surface area contributed by atoms with Gasteiger partial charge in [-0.2, -0.15) is 0 Å². The molecule has 1 aromatic heterocycles. The van der Waals surface area contributed by atoms with Crippen LogP contribution in [0, 0.1) is 10.1 Å². The number of amides is 1. The summed E-state index contributed by atoms with van der Waals surface area (Å²) in [5.41, 5.74) is 6.23. The van der Waals surface area contributed by atoms with Crippen molar-refractivity contribution < 1.29 is 14.5 Å². The zero-order chi connectivity index (χ0) is 17.1. The molecule has 1 amide bonds. The van der Waals surface area contributed by atoms with Crippen molar-refractivity contribution in [2.45, 2.75) is 0 Å². The van der Waals surface area contributed by atoms with Gasteiger partial charge < -0.3 is 4.74 Å². The molecule has 0 aliphatic rings. The van der Waals surface area contributed by atoms with Crippen molar-refractivity contribution in [2.75, 3.05) is 12.5 Å². The number of rotatable bonds is 5. The quantitative estimate of drug-likeness (QED) is 0.544. The number of non-ortho nitro benzene ring substituents is 1. The highest BCUT2D eigenvalue weighted by Crippen LogP contribution is 2.28. The van der Waals surface area contributed by atoms with E-state index in [9.17, 15) is 14.9 Å². The number of carbonyl (C=O) groups is 1. The summed E-state index contributed by atoms with van der Waals surface area (Å²) in [4.78, 5) is 26.8. The molecule has 3 aromatic rings. The normalized spacial score (nSPS) is 10.4. The fourth-order valence-corrected chi connectivity index (χ4v) is 2.94. The lowest BCUT2D eigenvalue weighted by Gasteiger charge is -2.08. The van der Waals surface area contributed by atoms with E-state index in [0.29, 0.717) is 26.7 Å². The van der Waals surface area contributed by atoms with Gasteiger partial charge in [-0.15, -0.1) is 0 Å². The number of nitrogens with one attached hydrogen (secondary N) is 2. The van der Waals surface area contributed by atoms with Gasteiger partial charge in [0.2, 0.25) is 5.13 Å². The Morgan fingerprint density at radius 3 is 2.83 bits per heavy atom. The molecule has 24 heavy (non-hydrogen) atoms. The van der Waals surface area contributed by atoms with Crippen LogP contribution in [0.2, 0.25) is 0 Å². The van der Waals surface area contributed by atoms with E-state index in [-0.39, 0.29) is 11.6 Å². The number of carbonyl (C=O) groups excluding carboxylic acids is 1. The van der Waals surface area contributed by atoms with E-state index in [1.54, 1.807) is 30.3 Å². The summed E-state index contributed by atoms with van der Waals surface area (Å²) in [5.74, 6) is 0.0782. The predicted molar refractivity (Wildman–Crippen MR) is 90.4 cm³/mol. The van der Waals surface area contributed by atoms with Crippen molar-refractivity contribution in [3.63, 3.8) is 0 Å². The molecule has 0 spiro atoms. The van der Waals surface area contributed by atoms with E-state index in [2.05, 4.69) is 15.8 Å². The maximum absolute atomic E-state index is 12.2. The van der Waals surface area contributed by atoms with Crippen LogP contribution < -0.4 is 15.6 Å². The van der Waals surface area contributed by atoms with Crippen LogP contribution in [0.1, 0.15) is 10.4 Å². The number of hydrazine groups is 1. The number of hydrogen-bond donors (Lipinski definition) is 2. The summed E-state index contributed by atoms with van der Waals surface area (Å²) in [6.07, 6.45) is 0. The molecule has 0 aliphatic carbocycles. The van der Waals surface area contributed by atoms with Crippen molar-refractivity contribution in [2.24, 2.45) is 0 Å². The zero-order valence-corrected chi connectivity index (χ0v) is 13.3. The van der Waals surface area contributed by atoms with Gasteiger partial charge in [-0.1, -0.05) is 23.5 Å². The number of para-hydroxylation sites is 1.